The van der Waals surface area contributed by atoms with Crippen molar-refractivity contribution in [3.8, 4) is 0 Å². The van der Waals surface area contributed by atoms with Gasteiger partial charge in [-0.15, -0.1) is 0 Å². The van der Waals surface area contributed by atoms with Gasteiger partial charge < -0.3 is 0 Å². The van der Waals surface area contributed by atoms with Crippen LogP contribution in [0.4, 0.5) is 0 Å². The maximum Gasteiger partial charge on any atom is 0.0358 e. The van der Waals surface area contributed by atoms with E-state index >= 15 is 0 Å². The first-order valence-electron chi connectivity index (χ1n) is 12.1. The molecule has 0 N–H and O–H groups in total. The van der Waals surface area contributed by atoms with Crippen LogP contribution in [0.5, 0.6) is 0 Å². The molecule has 34 heavy (non-hydrogen) atoms. The highest BCUT2D eigenvalue weighted by atomic mass is 14.3. The second-order valence-corrected chi connectivity index (χ2v) is 9.48. The van der Waals surface area contributed by atoms with E-state index in [1.165, 1.54) is 65.7 Å². The lowest BCUT2D eigenvalue weighted by Crippen LogP contribution is -2.07. The van der Waals surface area contributed by atoms with E-state index in [-0.39, 0.29) is 5.92 Å². The highest BCUT2D eigenvalue weighted by Crippen LogP contribution is 2.43. The highest BCUT2D eigenvalue weighted by molar-refractivity contribution is 5.96. The van der Waals surface area contributed by atoms with Crippen molar-refractivity contribution in [1.29, 1.82) is 0 Å². The summed E-state index contributed by atoms with van der Waals surface area (Å²) in [7, 11) is 0. The summed E-state index contributed by atoms with van der Waals surface area (Å²) in [6.07, 6.45) is 0. The van der Waals surface area contributed by atoms with Crippen LogP contribution >= 0.6 is 0 Å². The molecule has 6 rings (SSSR count). The van der Waals surface area contributed by atoms with Gasteiger partial charge in [-0.2, -0.15) is 0 Å². The third-order valence-corrected chi connectivity index (χ3v) is 7.46. The van der Waals surface area contributed by atoms with Crippen LogP contribution in [0.3, 0.4) is 0 Å². The molecule has 0 saturated heterocycles. The summed E-state index contributed by atoms with van der Waals surface area (Å²) >= 11 is 0. The van der Waals surface area contributed by atoms with Gasteiger partial charge in [0, 0.05) is 5.92 Å². The summed E-state index contributed by atoms with van der Waals surface area (Å²) in [4.78, 5) is 0. The average molecular weight is 437 g/mol. The van der Waals surface area contributed by atoms with Crippen LogP contribution in [0.15, 0.2) is 109 Å². The summed E-state index contributed by atoms with van der Waals surface area (Å²) in [5.41, 5.74) is 8.06. The second kappa shape index (κ2) is 8.15. The normalized spacial score (nSPS) is 11.6. The van der Waals surface area contributed by atoms with Crippen LogP contribution < -0.4 is 0 Å². The Bertz CT molecular complexity index is 1480. The van der Waals surface area contributed by atoms with Crippen LogP contribution in [0.25, 0.3) is 32.3 Å². The quantitative estimate of drug-likeness (QED) is 0.242. The van der Waals surface area contributed by atoms with Gasteiger partial charge in [0.05, 0.1) is 0 Å². The van der Waals surface area contributed by atoms with E-state index < -0.39 is 0 Å². The summed E-state index contributed by atoms with van der Waals surface area (Å²) in [5, 5.41) is 8.00. The Balaban J connectivity index is 1.77. The predicted octanol–water partition coefficient (Wildman–Crippen LogP) is 9.25. The zero-order chi connectivity index (χ0) is 23.2. The van der Waals surface area contributed by atoms with E-state index in [9.17, 15) is 0 Å². The zero-order valence-electron chi connectivity index (χ0n) is 20.0. The molecule has 0 heteroatoms. The Morgan fingerprint density at radius 3 is 0.882 bits per heavy atom. The lowest BCUT2D eigenvalue weighted by molar-refractivity contribution is 1.01. The molecule has 6 aromatic rings. The van der Waals surface area contributed by atoms with Gasteiger partial charge in [-0.3, -0.25) is 0 Å². The third kappa shape index (κ3) is 3.22. The molecule has 0 unspecified atom stereocenters. The topological polar surface area (TPSA) is 0 Å². The Morgan fingerprint density at radius 1 is 0.324 bits per heavy atom. The molecule has 0 aliphatic rings. The lowest BCUT2D eigenvalue weighted by Gasteiger charge is -2.25. The van der Waals surface area contributed by atoms with Gasteiger partial charge in [0.25, 0.3) is 0 Å². The van der Waals surface area contributed by atoms with Crippen LogP contribution in [0.1, 0.15) is 39.3 Å². The number of rotatable bonds is 3. The Labute approximate surface area is 201 Å². The first-order chi connectivity index (χ1) is 16.6. The molecular weight excluding hydrogens is 408 g/mol. The molecule has 0 saturated carbocycles. The van der Waals surface area contributed by atoms with Crippen LogP contribution in [0, 0.1) is 20.8 Å². The molecule has 164 valence electrons. The van der Waals surface area contributed by atoms with Crippen LogP contribution in [0.2, 0.25) is 0 Å². The molecule has 0 bridgehead atoms. The molecule has 0 atom stereocenters. The number of hydrogen-bond donors (Lipinski definition) is 0. The number of aryl methyl sites for hydroxylation is 3. The Hall–Kier alpha value is -3.90. The van der Waals surface area contributed by atoms with Crippen molar-refractivity contribution in [2.45, 2.75) is 26.7 Å². The molecule has 0 aliphatic carbocycles. The third-order valence-electron chi connectivity index (χ3n) is 7.46. The van der Waals surface area contributed by atoms with Crippen molar-refractivity contribution in [1.82, 2.24) is 0 Å². The minimum Gasteiger partial charge on any atom is -0.0616 e. The monoisotopic (exact) mass is 436 g/mol. The fraction of sp³-hybridized carbons (Fsp3) is 0.118. The lowest BCUT2D eigenvalue weighted by atomic mass is 9.78. The van der Waals surface area contributed by atoms with Crippen LogP contribution in [-0.2, 0) is 0 Å². The van der Waals surface area contributed by atoms with Crippen LogP contribution in [-0.4, -0.2) is 0 Å². The van der Waals surface area contributed by atoms with Gasteiger partial charge in [-0.25, -0.2) is 0 Å². The fourth-order valence-corrected chi connectivity index (χ4v) is 5.68. The van der Waals surface area contributed by atoms with E-state index in [1.807, 2.05) is 0 Å². The largest absolute Gasteiger partial charge is 0.0616 e. The number of hydrogen-bond acceptors (Lipinski definition) is 0. The molecular formula is C34H28. The molecule has 0 heterocycles. The first-order valence-corrected chi connectivity index (χ1v) is 12.1. The molecule has 6 aromatic carbocycles. The second-order valence-electron chi connectivity index (χ2n) is 9.48. The molecule has 0 aromatic heterocycles. The van der Waals surface area contributed by atoms with Crippen molar-refractivity contribution >= 4 is 32.3 Å². The summed E-state index contributed by atoms with van der Waals surface area (Å²) in [6, 6.07) is 40.5. The van der Waals surface area contributed by atoms with E-state index in [1.54, 1.807) is 0 Å². The van der Waals surface area contributed by atoms with Gasteiger partial charge in [-0.1, -0.05) is 109 Å². The fourth-order valence-electron chi connectivity index (χ4n) is 5.68. The Morgan fingerprint density at radius 2 is 0.588 bits per heavy atom. The SMILES string of the molecule is Cc1ccc(C(c2ccc(C)c3ccccc23)c2ccc(C)c3ccccc23)c2ccccc12. The van der Waals surface area contributed by atoms with Gasteiger partial charge in [0.15, 0.2) is 0 Å². The van der Waals surface area contributed by atoms with Gasteiger partial charge >= 0.3 is 0 Å². The van der Waals surface area contributed by atoms with Gasteiger partial charge in [0.2, 0.25) is 0 Å². The van der Waals surface area contributed by atoms with Gasteiger partial charge in [-0.05, 0) is 86.5 Å². The summed E-state index contributed by atoms with van der Waals surface area (Å²) < 4.78 is 0. The summed E-state index contributed by atoms with van der Waals surface area (Å²) in [6.45, 7) is 6.64. The standard InChI is InChI=1S/C34H28/c1-22-16-19-31(28-13-7-4-10-25(22)28)34(32-20-17-23(2)26-11-5-8-14-29(26)32)33-21-18-24(3)27-12-6-9-15-30(27)33/h4-21,34H,1-3H3. The Kier molecular flexibility index (Phi) is 4.96. The van der Waals surface area contributed by atoms with E-state index in [0.29, 0.717) is 0 Å². The highest BCUT2D eigenvalue weighted by Gasteiger charge is 2.24. The van der Waals surface area contributed by atoms with Gasteiger partial charge in [0.1, 0.15) is 0 Å². The van der Waals surface area contributed by atoms with Crippen molar-refractivity contribution < 1.29 is 0 Å². The number of fused-ring (bicyclic) bond motifs is 3. The zero-order valence-corrected chi connectivity index (χ0v) is 20.0. The van der Waals surface area contributed by atoms with Crippen molar-refractivity contribution in [3.63, 3.8) is 0 Å². The first kappa shape index (κ1) is 20.7. The molecule has 0 radical (unpaired) electrons. The molecule has 0 nitrogen and oxygen atoms in total. The number of benzene rings is 6. The minimum absolute atomic E-state index is 0.126. The van der Waals surface area contributed by atoms with Crippen molar-refractivity contribution in [3.05, 3.63) is 143 Å². The molecule has 0 amide bonds. The van der Waals surface area contributed by atoms with E-state index in [4.69, 9.17) is 0 Å². The maximum absolute atomic E-state index is 2.35. The summed E-state index contributed by atoms with van der Waals surface area (Å²) in [5.74, 6) is 0.126. The van der Waals surface area contributed by atoms with E-state index in [0.717, 1.165) is 0 Å². The van der Waals surface area contributed by atoms with Crippen molar-refractivity contribution in [2.24, 2.45) is 0 Å². The smallest absolute Gasteiger partial charge is 0.0358 e. The molecule has 0 fully saturated rings. The maximum atomic E-state index is 2.35. The molecule has 0 spiro atoms. The predicted molar refractivity (Wildman–Crippen MR) is 147 cm³/mol. The average Bonchev–Trinajstić information content (AvgIpc) is 2.88. The van der Waals surface area contributed by atoms with E-state index in [2.05, 4.69) is 130 Å². The molecule has 0 aliphatic heterocycles. The van der Waals surface area contributed by atoms with Crippen molar-refractivity contribution in [2.75, 3.05) is 0 Å². The minimum atomic E-state index is 0.126.